The summed E-state index contributed by atoms with van der Waals surface area (Å²) in [4.78, 5) is 14.2. The quantitative estimate of drug-likeness (QED) is 0.180. The minimum Gasteiger partial charge on any atom is -0.424 e. The van der Waals surface area contributed by atoms with Crippen LogP contribution in [0.1, 0.15) is 26.5 Å². The van der Waals surface area contributed by atoms with Crippen LogP contribution in [-0.2, 0) is 5.41 Å². The molecule has 4 heterocycles. The van der Waals surface area contributed by atoms with Crippen molar-refractivity contribution >= 4 is 27.5 Å². The van der Waals surface area contributed by atoms with Crippen LogP contribution in [0.2, 0.25) is 0 Å². The summed E-state index contributed by atoms with van der Waals surface area (Å²) >= 11 is 0. The molecule has 6 heteroatoms. The van der Waals surface area contributed by atoms with E-state index in [1.807, 2.05) is 78.9 Å². The van der Waals surface area contributed by atoms with Crippen LogP contribution >= 0.6 is 0 Å². The molecule has 0 amide bonds. The first-order chi connectivity index (χ1) is 23.0. The SMILES string of the molecule is C=CC1=C(/C=C\C)n2cc3c4ccccc4n(-c4ccc(Oc5nc(-c6ccccc6)nc(-c6ccccc6)n5)cc4)c3c2C1(C)C. The summed E-state index contributed by atoms with van der Waals surface area (Å²) in [5, 5.41) is 2.44. The molecule has 0 saturated carbocycles. The van der Waals surface area contributed by atoms with Gasteiger partial charge in [-0.05, 0) is 48.9 Å². The van der Waals surface area contributed by atoms with Crippen LogP contribution in [0.25, 0.3) is 56.0 Å². The van der Waals surface area contributed by atoms with Crippen LogP contribution in [0.5, 0.6) is 11.8 Å². The third-order valence-electron chi connectivity index (χ3n) is 8.95. The van der Waals surface area contributed by atoms with Gasteiger partial charge in [-0.15, -0.1) is 0 Å². The normalized spacial score (nSPS) is 13.9. The van der Waals surface area contributed by atoms with Gasteiger partial charge in [0.1, 0.15) is 5.75 Å². The van der Waals surface area contributed by atoms with Gasteiger partial charge in [-0.3, -0.25) is 0 Å². The number of benzene rings is 4. The summed E-state index contributed by atoms with van der Waals surface area (Å²) in [6.07, 6.45) is 8.56. The molecule has 4 aromatic carbocycles. The Labute approximate surface area is 273 Å². The van der Waals surface area contributed by atoms with E-state index in [-0.39, 0.29) is 11.4 Å². The number of hydrogen-bond acceptors (Lipinski definition) is 4. The van der Waals surface area contributed by atoms with Gasteiger partial charge in [0.25, 0.3) is 0 Å². The molecule has 0 aliphatic carbocycles. The lowest BCUT2D eigenvalue weighted by Crippen LogP contribution is -2.17. The molecule has 1 aliphatic heterocycles. The molecule has 8 rings (SSSR count). The molecule has 1 aliphatic rings. The number of nitrogens with zero attached hydrogens (tertiary/aromatic N) is 5. The molecule has 0 unspecified atom stereocenters. The van der Waals surface area contributed by atoms with E-state index in [9.17, 15) is 0 Å². The number of allylic oxidation sites excluding steroid dienone is 5. The van der Waals surface area contributed by atoms with E-state index in [0.717, 1.165) is 22.3 Å². The highest BCUT2D eigenvalue weighted by Crippen LogP contribution is 2.49. The van der Waals surface area contributed by atoms with Gasteiger partial charge in [-0.25, -0.2) is 4.98 Å². The maximum Gasteiger partial charge on any atom is 0.326 e. The van der Waals surface area contributed by atoms with Gasteiger partial charge in [0.15, 0.2) is 11.6 Å². The summed E-state index contributed by atoms with van der Waals surface area (Å²) in [7, 11) is 0. The first-order valence-electron chi connectivity index (χ1n) is 15.8. The number of ether oxygens (including phenoxy) is 1. The van der Waals surface area contributed by atoms with E-state index in [4.69, 9.17) is 19.7 Å². The Bertz CT molecular complexity index is 2300. The van der Waals surface area contributed by atoms with Gasteiger partial charge in [0.05, 0.1) is 16.7 Å². The molecule has 7 aromatic rings. The fraction of sp³-hybridized carbons (Fsp3) is 0.0976. The van der Waals surface area contributed by atoms with Gasteiger partial charge in [-0.1, -0.05) is 111 Å². The fourth-order valence-electron chi connectivity index (χ4n) is 6.86. The van der Waals surface area contributed by atoms with Gasteiger partial charge in [-0.2, -0.15) is 9.97 Å². The summed E-state index contributed by atoms with van der Waals surface area (Å²) < 4.78 is 11.0. The average Bonchev–Trinajstić information content (AvgIpc) is 3.71. The first kappa shape index (κ1) is 28.5. The molecule has 0 atom stereocenters. The van der Waals surface area contributed by atoms with E-state index < -0.39 is 0 Å². The lowest BCUT2D eigenvalue weighted by atomic mass is 9.82. The second-order valence-electron chi connectivity index (χ2n) is 12.2. The number of para-hydroxylation sites is 1. The van der Waals surface area contributed by atoms with Gasteiger partial charge >= 0.3 is 6.01 Å². The van der Waals surface area contributed by atoms with Crippen molar-refractivity contribution in [2.24, 2.45) is 0 Å². The Kier molecular flexibility index (Phi) is 6.73. The molecular weight excluding hydrogens is 578 g/mol. The van der Waals surface area contributed by atoms with Crippen LogP contribution in [-0.4, -0.2) is 24.1 Å². The van der Waals surface area contributed by atoms with Crippen molar-refractivity contribution in [3.8, 4) is 40.2 Å². The highest BCUT2D eigenvalue weighted by molar-refractivity contribution is 6.12. The van der Waals surface area contributed by atoms with Crippen LogP contribution in [0.15, 0.2) is 146 Å². The Morgan fingerprint density at radius 1 is 0.723 bits per heavy atom. The van der Waals surface area contributed by atoms with Crippen LogP contribution in [0.4, 0.5) is 0 Å². The van der Waals surface area contributed by atoms with Crippen molar-refractivity contribution in [2.75, 3.05) is 0 Å². The van der Waals surface area contributed by atoms with Crippen LogP contribution < -0.4 is 4.74 Å². The van der Waals surface area contributed by atoms with Crippen LogP contribution in [0, 0.1) is 0 Å². The second kappa shape index (κ2) is 11.1. The predicted molar refractivity (Wildman–Crippen MR) is 191 cm³/mol. The monoisotopic (exact) mass is 611 g/mol. The minimum atomic E-state index is -0.237. The standard InChI is InChI=1S/C41H33N5O/c1-5-15-35-33(6-2)41(3,4)37-36-32(26-45(35)37)31-20-13-14-21-34(31)46(36)29-22-24-30(25-23-29)47-40-43-38(27-16-9-7-10-17-27)42-39(44-40)28-18-11-8-12-19-28/h5-26H,2H2,1,3-4H3/b15-5-. The Morgan fingerprint density at radius 3 is 1.96 bits per heavy atom. The number of rotatable bonds is 7. The Balaban J connectivity index is 1.22. The number of aromatic nitrogens is 5. The van der Waals surface area contributed by atoms with Crippen LogP contribution in [0.3, 0.4) is 0 Å². The molecule has 47 heavy (non-hydrogen) atoms. The van der Waals surface area contributed by atoms with Crippen molar-refractivity contribution in [3.63, 3.8) is 0 Å². The largest absolute Gasteiger partial charge is 0.424 e. The topological polar surface area (TPSA) is 57.8 Å². The van der Waals surface area contributed by atoms with E-state index in [0.29, 0.717) is 17.4 Å². The lowest BCUT2D eigenvalue weighted by Gasteiger charge is -2.22. The zero-order chi connectivity index (χ0) is 32.1. The Hall–Kier alpha value is -6.01. The van der Waals surface area contributed by atoms with Crippen molar-refractivity contribution in [1.29, 1.82) is 0 Å². The zero-order valence-corrected chi connectivity index (χ0v) is 26.6. The molecule has 3 aromatic heterocycles. The van der Waals surface area contributed by atoms with Gasteiger partial charge < -0.3 is 13.9 Å². The van der Waals surface area contributed by atoms with Crippen molar-refractivity contribution < 1.29 is 4.74 Å². The molecular formula is C41H33N5O. The zero-order valence-electron chi connectivity index (χ0n) is 26.6. The number of hydrogen-bond donors (Lipinski definition) is 0. The molecule has 0 spiro atoms. The summed E-state index contributed by atoms with van der Waals surface area (Å²) in [6, 6.07) is 36.8. The molecule has 0 saturated heterocycles. The van der Waals surface area contributed by atoms with Crippen molar-refractivity contribution in [2.45, 2.75) is 26.2 Å². The second-order valence-corrected chi connectivity index (χ2v) is 12.2. The average molecular weight is 612 g/mol. The third-order valence-corrected chi connectivity index (χ3v) is 8.95. The molecule has 6 nitrogen and oxygen atoms in total. The predicted octanol–water partition coefficient (Wildman–Crippen LogP) is 10.2. The molecule has 228 valence electrons. The Morgan fingerprint density at radius 2 is 1.34 bits per heavy atom. The molecule has 0 N–H and O–H groups in total. The molecule has 0 bridgehead atoms. The maximum absolute atomic E-state index is 6.31. The third kappa shape index (κ3) is 4.60. The maximum atomic E-state index is 6.31. The van der Waals surface area contributed by atoms with E-state index in [1.165, 1.54) is 33.3 Å². The van der Waals surface area contributed by atoms with E-state index in [1.54, 1.807) is 0 Å². The lowest BCUT2D eigenvalue weighted by molar-refractivity contribution is 0.441. The van der Waals surface area contributed by atoms with Gasteiger partial charge in [0.2, 0.25) is 0 Å². The smallest absolute Gasteiger partial charge is 0.326 e. The summed E-state index contributed by atoms with van der Waals surface area (Å²) in [5.41, 5.74) is 8.58. The van der Waals surface area contributed by atoms with E-state index >= 15 is 0 Å². The fourth-order valence-corrected chi connectivity index (χ4v) is 6.86. The van der Waals surface area contributed by atoms with Gasteiger partial charge in [0, 0.05) is 44.9 Å². The number of fused-ring (bicyclic) bond motifs is 5. The van der Waals surface area contributed by atoms with E-state index in [2.05, 4.69) is 91.2 Å². The highest BCUT2D eigenvalue weighted by atomic mass is 16.5. The van der Waals surface area contributed by atoms with Crippen molar-refractivity contribution in [1.82, 2.24) is 24.1 Å². The molecule has 0 fully saturated rings. The minimum absolute atomic E-state index is 0.237. The highest BCUT2D eigenvalue weighted by Gasteiger charge is 2.39. The van der Waals surface area contributed by atoms with Crippen molar-refractivity contribution in [3.05, 3.63) is 151 Å². The first-order valence-corrected chi connectivity index (χ1v) is 15.8. The molecule has 0 radical (unpaired) electrons. The summed E-state index contributed by atoms with van der Waals surface area (Å²) in [5.74, 6) is 1.75. The summed E-state index contributed by atoms with van der Waals surface area (Å²) in [6.45, 7) is 10.8.